The lowest BCUT2D eigenvalue weighted by Gasteiger charge is -2.22. The van der Waals surface area contributed by atoms with E-state index in [4.69, 9.17) is 4.74 Å². The Hall–Kier alpha value is -0.740. The summed E-state index contributed by atoms with van der Waals surface area (Å²) >= 11 is 3.18. The van der Waals surface area contributed by atoms with Crippen molar-refractivity contribution >= 4 is 21.7 Å². The van der Waals surface area contributed by atoms with Gasteiger partial charge in [0.15, 0.2) is 0 Å². The molecule has 2 nitrogen and oxygen atoms in total. The minimum atomic E-state index is -0.417. The topological polar surface area (TPSA) is 26.3 Å². The van der Waals surface area contributed by atoms with E-state index in [0.717, 1.165) is 0 Å². The Labute approximate surface area is 95.6 Å². The Kier molecular flexibility index (Phi) is 3.17. The van der Waals surface area contributed by atoms with E-state index in [1.54, 1.807) is 12.1 Å². The highest BCUT2D eigenvalue weighted by Crippen LogP contribution is 2.29. The minimum absolute atomic E-state index is 0.133. The molecule has 1 aromatic carbocycles. The van der Waals surface area contributed by atoms with E-state index in [9.17, 15) is 9.18 Å². The lowest BCUT2D eigenvalue weighted by Crippen LogP contribution is -2.20. The fraction of sp³-hybridized carbons (Fsp3) is 0.364. The standard InChI is InChI=1S/C11H10BrFO2/c12-7-1-2-9(10(13)5-7)11-6-8(14)3-4-15-11/h1-2,5,11H,3-4,6H2. The van der Waals surface area contributed by atoms with E-state index in [1.165, 1.54) is 6.07 Å². The van der Waals surface area contributed by atoms with Gasteiger partial charge in [0.1, 0.15) is 11.6 Å². The molecule has 1 aromatic rings. The maximum atomic E-state index is 13.5. The van der Waals surface area contributed by atoms with Gasteiger partial charge in [-0.3, -0.25) is 4.79 Å². The van der Waals surface area contributed by atoms with Crippen LogP contribution in [0.3, 0.4) is 0 Å². The number of carbonyl (C=O) groups is 1. The maximum absolute atomic E-state index is 13.5. The zero-order valence-electron chi connectivity index (χ0n) is 8.00. The molecule has 1 aliphatic rings. The van der Waals surface area contributed by atoms with Crippen LogP contribution in [0.15, 0.2) is 22.7 Å². The molecular formula is C11H10BrFO2. The largest absolute Gasteiger partial charge is 0.372 e. The van der Waals surface area contributed by atoms with Crippen molar-refractivity contribution in [3.05, 3.63) is 34.1 Å². The summed E-state index contributed by atoms with van der Waals surface area (Å²) in [4.78, 5) is 11.2. The first kappa shape index (κ1) is 10.8. The van der Waals surface area contributed by atoms with Crippen molar-refractivity contribution in [3.8, 4) is 0 Å². The number of ether oxygens (including phenoxy) is 1. The van der Waals surface area contributed by atoms with E-state index in [-0.39, 0.29) is 18.0 Å². The summed E-state index contributed by atoms with van der Waals surface area (Å²) in [6.45, 7) is 0.388. The van der Waals surface area contributed by atoms with E-state index >= 15 is 0 Å². The third-order valence-electron chi connectivity index (χ3n) is 2.42. The molecule has 0 bridgehead atoms. The van der Waals surface area contributed by atoms with Crippen LogP contribution in [-0.2, 0) is 9.53 Å². The quantitative estimate of drug-likeness (QED) is 0.786. The van der Waals surface area contributed by atoms with Gasteiger partial charge in [0.2, 0.25) is 0 Å². The zero-order chi connectivity index (χ0) is 10.8. The number of carbonyl (C=O) groups excluding carboxylic acids is 1. The molecule has 1 fully saturated rings. The molecule has 0 spiro atoms. The lowest BCUT2D eigenvalue weighted by atomic mass is 10.0. The SMILES string of the molecule is O=C1CCOC(c2ccc(Br)cc2F)C1. The van der Waals surface area contributed by atoms with Gasteiger partial charge in [-0.05, 0) is 12.1 Å². The van der Waals surface area contributed by atoms with Gasteiger partial charge in [0.25, 0.3) is 0 Å². The second kappa shape index (κ2) is 4.41. The van der Waals surface area contributed by atoms with Gasteiger partial charge in [0.05, 0.1) is 12.7 Å². The van der Waals surface area contributed by atoms with Gasteiger partial charge in [-0.2, -0.15) is 0 Å². The van der Waals surface area contributed by atoms with Gasteiger partial charge in [-0.1, -0.05) is 22.0 Å². The van der Waals surface area contributed by atoms with Crippen LogP contribution in [0.5, 0.6) is 0 Å². The van der Waals surface area contributed by atoms with Gasteiger partial charge in [-0.25, -0.2) is 4.39 Å². The monoisotopic (exact) mass is 272 g/mol. The van der Waals surface area contributed by atoms with E-state index in [1.807, 2.05) is 0 Å². The second-order valence-electron chi connectivity index (χ2n) is 3.52. The molecule has 1 atom stereocenters. The van der Waals surface area contributed by atoms with E-state index in [2.05, 4.69) is 15.9 Å². The fourth-order valence-corrected chi connectivity index (χ4v) is 1.98. The van der Waals surface area contributed by atoms with Gasteiger partial charge in [0, 0.05) is 22.9 Å². The highest BCUT2D eigenvalue weighted by molar-refractivity contribution is 9.10. The number of halogens is 2. The molecular weight excluding hydrogens is 263 g/mol. The fourth-order valence-electron chi connectivity index (χ4n) is 1.65. The molecule has 15 heavy (non-hydrogen) atoms. The Morgan fingerprint density at radius 1 is 1.47 bits per heavy atom. The normalized spacial score (nSPS) is 21.7. The van der Waals surface area contributed by atoms with E-state index < -0.39 is 6.10 Å². The van der Waals surface area contributed by atoms with Gasteiger partial charge in [-0.15, -0.1) is 0 Å². The van der Waals surface area contributed by atoms with Crippen LogP contribution in [0.2, 0.25) is 0 Å². The number of hydrogen-bond donors (Lipinski definition) is 0. The summed E-state index contributed by atoms with van der Waals surface area (Å²) in [5.41, 5.74) is 0.464. The second-order valence-corrected chi connectivity index (χ2v) is 4.43. The van der Waals surface area contributed by atoms with Gasteiger partial charge < -0.3 is 4.74 Å². The number of Topliss-reactive ketones (excluding diaryl/α,β-unsaturated/α-hetero) is 1. The molecule has 1 aliphatic heterocycles. The number of rotatable bonds is 1. The number of hydrogen-bond acceptors (Lipinski definition) is 2. The Bertz CT molecular complexity index is 392. The lowest BCUT2D eigenvalue weighted by molar-refractivity contribution is -0.128. The molecule has 0 aliphatic carbocycles. The van der Waals surface area contributed by atoms with E-state index in [0.29, 0.717) is 23.1 Å². The van der Waals surface area contributed by atoms with Crippen molar-refractivity contribution in [3.63, 3.8) is 0 Å². The van der Waals surface area contributed by atoms with Crippen LogP contribution in [0, 0.1) is 5.82 Å². The third-order valence-corrected chi connectivity index (χ3v) is 2.92. The molecule has 0 amide bonds. The molecule has 0 saturated carbocycles. The summed E-state index contributed by atoms with van der Waals surface area (Å²) in [5.74, 6) is -0.197. The van der Waals surface area contributed by atoms with Crippen LogP contribution in [0.25, 0.3) is 0 Å². The summed E-state index contributed by atoms with van der Waals surface area (Å²) in [6.07, 6.45) is 0.298. The first-order chi connectivity index (χ1) is 7.16. The molecule has 0 radical (unpaired) electrons. The highest BCUT2D eigenvalue weighted by atomic mass is 79.9. The predicted molar refractivity (Wildman–Crippen MR) is 57.0 cm³/mol. The van der Waals surface area contributed by atoms with Crippen molar-refractivity contribution < 1.29 is 13.9 Å². The Balaban J connectivity index is 2.24. The van der Waals surface area contributed by atoms with Crippen molar-refractivity contribution in [2.24, 2.45) is 0 Å². The van der Waals surface area contributed by atoms with Crippen LogP contribution in [0.1, 0.15) is 24.5 Å². The highest BCUT2D eigenvalue weighted by Gasteiger charge is 2.23. The van der Waals surface area contributed by atoms with Crippen LogP contribution in [-0.4, -0.2) is 12.4 Å². The molecule has 0 N–H and O–H groups in total. The van der Waals surface area contributed by atoms with Crippen molar-refractivity contribution in [2.75, 3.05) is 6.61 Å². The summed E-state index contributed by atoms with van der Waals surface area (Å²) in [6, 6.07) is 4.79. The predicted octanol–water partition coefficient (Wildman–Crippen LogP) is 3.01. The zero-order valence-corrected chi connectivity index (χ0v) is 9.59. The smallest absolute Gasteiger partial charge is 0.138 e. The average molecular weight is 273 g/mol. The van der Waals surface area contributed by atoms with Crippen LogP contribution < -0.4 is 0 Å². The maximum Gasteiger partial charge on any atom is 0.138 e. The molecule has 1 saturated heterocycles. The molecule has 1 unspecified atom stereocenters. The Morgan fingerprint density at radius 2 is 2.27 bits per heavy atom. The third kappa shape index (κ3) is 2.44. The molecule has 1 heterocycles. The number of benzene rings is 1. The molecule has 2 rings (SSSR count). The van der Waals surface area contributed by atoms with Crippen molar-refractivity contribution in [2.45, 2.75) is 18.9 Å². The number of ketones is 1. The van der Waals surface area contributed by atoms with Crippen LogP contribution in [0.4, 0.5) is 4.39 Å². The summed E-state index contributed by atoms with van der Waals surface area (Å²) in [5, 5.41) is 0. The summed E-state index contributed by atoms with van der Waals surface area (Å²) < 4.78 is 19.6. The Morgan fingerprint density at radius 3 is 2.93 bits per heavy atom. The van der Waals surface area contributed by atoms with Crippen molar-refractivity contribution in [1.29, 1.82) is 0 Å². The molecule has 0 aromatic heterocycles. The van der Waals surface area contributed by atoms with Crippen LogP contribution >= 0.6 is 15.9 Å². The minimum Gasteiger partial charge on any atom is -0.372 e. The molecule has 80 valence electrons. The first-order valence-electron chi connectivity index (χ1n) is 4.75. The molecule has 4 heteroatoms. The van der Waals surface area contributed by atoms with Gasteiger partial charge >= 0.3 is 0 Å². The average Bonchev–Trinajstić information content (AvgIpc) is 2.17. The van der Waals surface area contributed by atoms with Crippen molar-refractivity contribution in [1.82, 2.24) is 0 Å². The summed E-state index contributed by atoms with van der Waals surface area (Å²) in [7, 11) is 0. The first-order valence-corrected chi connectivity index (χ1v) is 5.54.